The summed E-state index contributed by atoms with van der Waals surface area (Å²) in [6.07, 6.45) is 10.3. The van der Waals surface area contributed by atoms with Gasteiger partial charge in [-0.3, -0.25) is 0 Å². The fourth-order valence-corrected chi connectivity index (χ4v) is 9.52. The number of fused-ring (bicyclic) bond motifs is 4. The van der Waals surface area contributed by atoms with E-state index in [0.717, 1.165) is 60.3 Å². The number of hydrogen-bond donors (Lipinski definition) is 0. The van der Waals surface area contributed by atoms with Gasteiger partial charge in [-0.15, -0.1) is 0 Å². The van der Waals surface area contributed by atoms with Crippen LogP contribution in [0, 0.1) is 0 Å². The lowest BCUT2D eigenvalue weighted by Gasteiger charge is -2.29. The molecule has 0 N–H and O–H groups in total. The highest BCUT2D eigenvalue weighted by Gasteiger charge is 2.25. The molecule has 0 saturated heterocycles. The van der Waals surface area contributed by atoms with E-state index < -0.39 is 0 Å². The van der Waals surface area contributed by atoms with E-state index in [-0.39, 0.29) is 0 Å². The van der Waals surface area contributed by atoms with Gasteiger partial charge in [-0.05, 0) is 167 Å². The molecular weight excluding hydrogens is 715 g/mol. The normalized spacial score (nSPS) is 16.3. The van der Waals surface area contributed by atoms with E-state index in [0.29, 0.717) is 0 Å². The molecule has 0 aliphatic heterocycles. The second kappa shape index (κ2) is 16.3. The Kier molecular flexibility index (Phi) is 10.1. The Morgan fingerprint density at radius 1 is 0.356 bits per heavy atom. The molecule has 2 aliphatic rings. The van der Waals surface area contributed by atoms with Crippen LogP contribution in [0.3, 0.4) is 0 Å². The van der Waals surface area contributed by atoms with Crippen molar-refractivity contribution in [3.8, 4) is 22.3 Å². The molecule has 2 heteroatoms. The van der Waals surface area contributed by atoms with E-state index in [4.69, 9.17) is 11.0 Å². The lowest BCUT2D eigenvalue weighted by Crippen LogP contribution is -2.10. The van der Waals surface area contributed by atoms with Crippen LogP contribution in [0.4, 0.5) is 17.1 Å². The summed E-state index contributed by atoms with van der Waals surface area (Å²) in [5, 5.41) is 2.40. The maximum absolute atomic E-state index is 6.26. The molecule has 0 spiro atoms. The largest absolute Gasteiger partial charge is 0.456 e. The zero-order valence-corrected chi connectivity index (χ0v) is 33.7. The number of nitrogens with zero attached hydrogens (tertiary/aromatic N) is 1. The van der Waals surface area contributed by atoms with Crippen LogP contribution in [0.25, 0.3) is 55.3 Å². The third-order valence-electron chi connectivity index (χ3n) is 12.5. The molecule has 10 rings (SSSR count). The SMILES string of the molecule is C=C1CCCCC/C(c2ccc3oc4ccccc4c3c2)=C2/CCCCC2=C1c1ccc(N(c2ccc(-c3ccccc3)cc2)c2ccc(-c3ccccc3)cc2)cc1. The lowest BCUT2D eigenvalue weighted by molar-refractivity contribution is 0.661. The smallest absolute Gasteiger partial charge is 0.135 e. The molecule has 2 nitrogen and oxygen atoms in total. The van der Waals surface area contributed by atoms with Crippen molar-refractivity contribution in [1.29, 1.82) is 0 Å². The Morgan fingerprint density at radius 3 is 1.44 bits per heavy atom. The maximum atomic E-state index is 6.26. The predicted octanol–water partition coefficient (Wildman–Crippen LogP) is 16.7. The van der Waals surface area contributed by atoms with Gasteiger partial charge in [0.25, 0.3) is 0 Å². The Hall–Kier alpha value is -6.64. The molecule has 0 amide bonds. The zero-order chi connectivity index (χ0) is 39.5. The minimum atomic E-state index is 0.954. The molecule has 59 heavy (non-hydrogen) atoms. The molecule has 0 bridgehead atoms. The van der Waals surface area contributed by atoms with Gasteiger partial charge in [0.05, 0.1) is 0 Å². The first-order chi connectivity index (χ1) is 29.2. The second-order valence-electron chi connectivity index (χ2n) is 16.2. The van der Waals surface area contributed by atoms with Gasteiger partial charge < -0.3 is 9.32 Å². The molecule has 7 aromatic carbocycles. The van der Waals surface area contributed by atoms with Gasteiger partial charge in [-0.2, -0.15) is 0 Å². The third kappa shape index (κ3) is 7.36. The average molecular weight is 764 g/mol. The van der Waals surface area contributed by atoms with E-state index >= 15 is 0 Å². The van der Waals surface area contributed by atoms with Gasteiger partial charge in [-0.25, -0.2) is 0 Å². The molecule has 1 aromatic heterocycles. The van der Waals surface area contributed by atoms with Gasteiger partial charge in [0.15, 0.2) is 0 Å². The Bertz CT molecular complexity index is 2740. The average Bonchev–Trinajstić information content (AvgIpc) is 3.68. The summed E-state index contributed by atoms with van der Waals surface area (Å²) in [7, 11) is 0. The van der Waals surface area contributed by atoms with Crippen LogP contribution >= 0.6 is 0 Å². The highest BCUT2D eigenvalue weighted by atomic mass is 16.3. The van der Waals surface area contributed by atoms with Crippen molar-refractivity contribution in [3.63, 3.8) is 0 Å². The molecule has 0 atom stereocenters. The number of allylic oxidation sites excluding steroid dienone is 5. The van der Waals surface area contributed by atoms with E-state index in [1.807, 2.05) is 0 Å². The van der Waals surface area contributed by atoms with Gasteiger partial charge in [-0.1, -0.05) is 134 Å². The van der Waals surface area contributed by atoms with Crippen molar-refractivity contribution >= 4 is 50.1 Å². The first-order valence-electron chi connectivity index (χ1n) is 21.4. The molecule has 1 saturated carbocycles. The monoisotopic (exact) mass is 763 g/mol. The van der Waals surface area contributed by atoms with Gasteiger partial charge >= 0.3 is 0 Å². The summed E-state index contributed by atoms with van der Waals surface area (Å²) < 4.78 is 6.26. The molecule has 2 aliphatic carbocycles. The molecule has 1 heterocycles. The van der Waals surface area contributed by atoms with Crippen molar-refractivity contribution in [1.82, 2.24) is 0 Å². The molecule has 0 unspecified atom stereocenters. The minimum Gasteiger partial charge on any atom is -0.456 e. The minimum absolute atomic E-state index is 0.954. The number of anilines is 3. The Morgan fingerprint density at radius 2 is 0.814 bits per heavy atom. The highest BCUT2D eigenvalue weighted by Crippen LogP contribution is 2.46. The summed E-state index contributed by atoms with van der Waals surface area (Å²) >= 11 is 0. The van der Waals surface area contributed by atoms with Crippen LogP contribution in [0.15, 0.2) is 204 Å². The van der Waals surface area contributed by atoms with Gasteiger partial charge in [0.2, 0.25) is 0 Å². The predicted molar refractivity (Wildman–Crippen MR) is 250 cm³/mol. The van der Waals surface area contributed by atoms with Crippen molar-refractivity contribution in [2.75, 3.05) is 4.90 Å². The van der Waals surface area contributed by atoms with Crippen molar-refractivity contribution in [2.24, 2.45) is 0 Å². The maximum Gasteiger partial charge on any atom is 0.135 e. The van der Waals surface area contributed by atoms with E-state index in [2.05, 4.69) is 181 Å². The van der Waals surface area contributed by atoms with Crippen molar-refractivity contribution in [2.45, 2.75) is 57.8 Å². The van der Waals surface area contributed by atoms with Crippen LogP contribution in [0.1, 0.15) is 68.9 Å². The van der Waals surface area contributed by atoms with Crippen LogP contribution in [0.5, 0.6) is 0 Å². The molecular formula is C57H49NO. The van der Waals surface area contributed by atoms with E-state index in [1.54, 1.807) is 5.57 Å². The van der Waals surface area contributed by atoms with Crippen LogP contribution < -0.4 is 4.90 Å². The summed E-state index contributed by atoms with van der Waals surface area (Å²) in [4.78, 5) is 2.38. The fourth-order valence-electron chi connectivity index (χ4n) is 9.52. The third-order valence-corrected chi connectivity index (χ3v) is 12.5. The summed E-state index contributed by atoms with van der Waals surface area (Å²) in [5.74, 6) is 0. The number of rotatable bonds is 7. The molecule has 0 radical (unpaired) electrons. The van der Waals surface area contributed by atoms with Gasteiger partial charge in [0, 0.05) is 27.8 Å². The van der Waals surface area contributed by atoms with Gasteiger partial charge in [0.1, 0.15) is 11.2 Å². The second-order valence-corrected chi connectivity index (χ2v) is 16.2. The first-order valence-corrected chi connectivity index (χ1v) is 21.4. The Balaban J connectivity index is 1.07. The Labute approximate surface area is 348 Å². The van der Waals surface area contributed by atoms with E-state index in [9.17, 15) is 0 Å². The molecule has 1 fully saturated rings. The standard InChI is InChI=1S/C57H49NO/c1-40-15-5-2-10-20-50(46-31-38-56-54(39-46)52-22-13-14-24-55(52)59-56)51-21-11-12-23-53(51)57(40)45-29-36-49(37-30-45)58(47-32-25-43(26-33-47)41-16-6-3-7-17-41)48-34-27-44(28-35-48)42-18-8-4-9-19-42/h3-4,6-9,13-14,16-19,22,24-39H,1-2,5,10-12,15,20-21,23H2/b51-50+,57-53?. The van der Waals surface area contributed by atoms with E-state index in [1.165, 1.54) is 92.1 Å². The zero-order valence-electron chi connectivity index (χ0n) is 33.7. The lowest BCUT2D eigenvalue weighted by atomic mass is 9.76. The summed E-state index contributed by atoms with van der Waals surface area (Å²) in [6, 6.07) is 63.9. The number of para-hydroxylation sites is 1. The molecule has 8 aromatic rings. The summed E-state index contributed by atoms with van der Waals surface area (Å²) in [5.41, 5.74) is 20.0. The topological polar surface area (TPSA) is 16.4 Å². The van der Waals surface area contributed by atoms with Crippen molar-refractivity contribution in [3.05, 3.63) is 210 Å². The number of hydrogen-bond acceptors (Lipinski definition) is 2. The highest BCUT2D eigenvalue weighted by molar-refractivity contribution is 6.06. The number of furan rings is 1. The van der Waals surface area contributed by atoms with Crippen LogP contribution in [-0.2, 0) is 0 Å². The quantitative estimate of drug-likeness (QED) is 0.161. The van der Waals surface area contributed by atoms with Crippen LogP contribution in [-0.4, -0.2) is 0 Å². The number of benzene rings is 7. The first kappa shape index (κ1) is 36.7. The van der Waals surface area contributed by atoms with Crippen LogP contribution in [0.2, 0.25) is 0 Å². The fraction of sp³-hybridized carbons (Fsp3) is 0.158. The van der Waals surface area contributed by atoms with Crippen molar-refractivity contribution < 1.29 is 4.42 Å². The molecule has 288 valence electrons. The summed E-state index contributed by atoms with van der Waals surface area (Å²) in [6.45, 7) is 4.82.